The van der Waals surface area contributed by atoms with Crippen molar-refractivity contribution in [2.45, 2.75) is 0 Å². The number of nitro groups is 1. The van der Waals surface area contributed by atoms with Crippen LogP contribution in [-0.2, 0) is 20.8 Å². The van der Waals surface area contributed by atoms with Gasteiger partial charge >= 0.3 is 37.9 Å². The number of nitrogens with zero attached hydrogens (tertiary/aromatic N) is 1. The fourth-order valence-corrected chi connectivity index (χ4v) is 0.574. The first-order chi connectivity index (χ1) is 6.11. The van der Waals surface area contributed by atoms with E-state index in [0.29, 0.717) is 0 Å². The van der Waals surface area contributed by atoms with E-state index in [-0.39, 0.29) is 11.4 Å². The van der Waals surface area contributed by atoms with Crippen molar-refractivity contribution in [3.63, 3.8) is 0 Å². The van der Waals surface area contributed by atoms with Crippen molar-refractivity contribution < 1.29 is 30.9 Å². The SMILES string of the molecule is O=[N+]([O-])c1ccc(O)cc1.[Cl][Zr][Cl]. The molecule has 0 radical (unpaired) electrons. The van der Waals surface area contributed by atoms with Crippen molar-refractivity contribution in [1.29, 1.82) is 0 Å². The Morgan fingerprint density at radius 1 is 1.31 bits per heavy atom. The Bertz CT molecular complexity index is 267. The molecule has 0 spiro atoms. The molecule has 1 aromatic carbocycles. The molecule has 0 aromatic heterocycles. The fraction of sp³-hybridized carbons (Fsp3) is 0. The third kappa shape index (κ3) is 6.02. The van der Waals surface area contributed by atoms with Gasteiger partial charge in [-0.05, 0) is 12.1 Å². The number of hydrogen-bond acceptors (Lipinski definition) is 3. The predicted octanol–water partition coefficient (Wildman–Crippen LogP) is 2.68. The number of phenols is 1. The van der Waals surface area contributed by atoms with Gasteiger partial charge in [0.05, 0.1) is 4.92 Å². The number of rotatable bonds is 1. The summed E-state index contributed by atoms with van der Waals surface area (Å²) >= 11 is -0.826. The summed E-state index contributed by atoms with van der Waals surface area (Å²) in [6.45, 7) is 0. The van der Waals surface area contributed by atoms with Gasteiger partial charge in [-0.15, -0.1) is 0 Å². The molecule has 0 aliphatic rings. The summed E-state index contributed by atoms with van der Waals surface area (Å²) in [4.78, 5) is 9.52. The first-order valence-corrected chi connectivity index (χ1v) is 9.34. The van der Waals surface area contributed by atoms with Gasteiger partial charge in [0.2, 0.25) is 0 Å². The number of halogens is 2. The number of non-ortho nitro benzene ring substituents is 1. The van der Waals surface area contributed by atoms with Gasteiger partial charge in [0.15, 0.2) is 0 Å². The molecule has 13 heavy (non-hydrogen) atoms. The van der Waals surface area contributed by atoms with Crippen LogP contribution in [0.2, 0.25) is 0 Å². The number of aromatic hydroxyl groups is 1. The molecule has 1 aromatic rings. The van der Waals surface area contributed by atoms with E-state index in [9.17, 15) is 10.1 Å². The molecule has 0 bridgehead atoms. The van der Waals surface area contributed by atoms with Crippen molar-refractivity contribution in [3.05, 3.63) is 34.4 Å². The maximum atomic E-state index is 10.0. The molecule has 0 saturated heterocycles. The van der Waals surface area contributed by atoms with Gasteiger partial charge in [-0.1, -0.05) is 0 Å². The summed E-state index contributed by atoms with van der Waals surface area (Å²) in [5.74, 6) is 0.0330. The van der Waals surface area contributed by atoms with Crippen LogP contribution in [0.1, 0.15) is 0 Å². The van der Waals surface area contributed by atoms with Crippen LogP contribution in [0.15, 0.2) is 24.3 Å². The van der Waals surface area contributed by atoms with E-state index < -0.39 is 25.8 Å². The van der Waals surface area contributed by atoms with Crippen LogP contribution in [-0.4, -0.2) is 10.0 Å². The van der Waals surface area contributed by atoms with Crippen LogP contribution in [0, 0.1) is 10.1 Å². The van der Waals surface area contributed by atoms with Crippen LogP contribution in [0.25, 0.3) is 0 Å². The minimum atomic E-state index is -0.826. The van der Waals surface area contributed by atoms with Gasteiger partial charge in [-0.25, -0.2) is 0 Å². The minimum absolute atomic E-state index is 0.0159. The van der Waals surface area contributed by atoms with E-state index in [4.69, 9.17) is 22.1 Å². The zero-order chi connectivity index (χ0) is 10.3. The summed E-state index contributed by atoms with van der Waals surface area (Å²) in [6.07, 6.45) is 0. The van der Waals surface area contributed by atoms with Crippen molar-refractivity contribution in [2.24, 2.45) is 0 Å². The van der Waals surface area contributed by atoms with Crippen molar-refractivity contribution in [3.8, 4) is 5.75 Å². The van der Waals surface area contributed by atoms with E-state index in [1.165, 1.54) is 24.3 Å². The average molecular weight is 301 g/mol. The van der Waals surface area contributed by atoms with Gasteiger partial charge in [-0.3, -0.25) is 10.1 Å². The summed E-state index contributed by atoms with van der Waals surface area (Å²) in [5, 5.41) is 18.8. The van der Waals surface area contributed by atoms with Crippen LogP contribution in [0.4, 0.5) is 5.69 Å². The van der Waals surface area contributed by atoms with E-state index >= 15 is 0 Å². The molecule has 0 saturated carbocycles. The molecule has 0 aliphatic heterocycles. The maximum absolute atomic E-state index is 10.0. The van der Waals surface area contributed by atoms with Gasteiger partial charge in [0.25, 0.3) is 5.69 Å². The Balaban J connectivity index is 0.000000424. The monoisotopic (exact) mass is 299 g/mol. The second-order valence-electron chi connectivity index (χ2n) is 1.84. The summed E-state index contributed by atoms with van der Waals surface area (Å²) < 4.78 is 0. The summed E-state index contributed by atoms with van der Waals surface area (Å²) in [6, 6.07) is 5.04. The first kappa shape index (κ1) is 12.9. The van der Waals surface area contributed by atoms with Gasteiger partial charge < -0.3 is 5.11 Å². The molecular weight excluding hydrogens is 296 g/mol. The van der Waals surface area contributed by atoms with E-state index in [0.717, 1.165) is 0 Å². The Morgan fingerprint density at radius 3 is 2.00 bits per heavy atom. The van der Waals surface area contributed by atoms with E-state index in [1.54, 1.807) is 0 Å². The van der Waals surface area contributed by atoms with Crippen molar-refractivity contribution >= 4 is 22.7 Å². The number of phenolic OH excluding ortho intramolecular Hbond substituents is 1. The Morgan fingerprint density at radius 2 is 1.69 bits per heavy atom. The Labute approximate surface area is 93.3 Å². The Kier molecular flexibility index (Phi) is 7.24. The quantitative estimate of drug-likeness (QED) is 0.640. The molecule has 0 fully saturated rings. The van der Waals surface area contributed by atoms with Crippen LogP contribution < -0.4 is 0 Å². The molecule has 70 valence electrons. The molecule has 0 aliphatic carbocycles. The number of benzene rings is 1. The Hall–Kier alpha value is -0.117. The molecule has 7 heteroatoms. The van der Waals surface area contributed by atoms with Gasteiger partial charge in [0.1, 0.15) is 5.75 Å². The molecule has 0 heterocycles. The van der Waals surface area contributed by atoms with Crippen LogP contribution in [0.3, 0.4) is 0 Å². The van der Waals surface area contributed by atoms with Gasteiger partial charge in [-0.2, -0.15) is 0 Å². The molecule has 0 atom stereocenters. The van der Waals surface area contributed by atoms with E-state index in [2.05, 4.69) is 0 Å². The third-order valence-corrected chi connectivity index (χ3v) is 1.06. The standard InChI is InChI=1S/C6H5NO3.2ClH.Zr/c8-6-3-1-5(2-4-6)7(9)10;;;/h1-4,8H;2*1H;/q;;;+2/p-2. The molecule has 1 N–H and O–H groups in total. The van der Waals surface area contributed by atoms with Crippen LogP contribution >= 0.6 is 17.0 Å². The molecule has 0 amide bonds. The van der Waals surface area contributed by atoms with Gasteiger partial charge in [0, 0.05) is 12.1 Å². The average Bonchev–Trinajstić information content (AvgIpc) is 2.06. The number of hydrogen-bond donors (Lipinski definition) is 1. The van der Waals surface area contributed by atoms with Crippen molar-refractivity contribution in [2.75, 3.05) is 0 Å². The second-order valence-corrected chi connectivity index (χ2v) is 5.58. The third-order valence-electron chi connectivity index (χ3n) is 1.06. The zero-order valence-corrected chi connectivity index (χ0v) is 10.2. The second kappa shape index (κ2) is 7.30. The fourth-order valence-electron chi connectivity index (χ4n) is 0.574. The summed E-state index contributed by atoms with van der Waals surface area (Å²) in [7, 11) is 9.87. The summed E-state index contributed by atoms with van der Waals surface area (Å²) in [5.41, 5.74) is -0.0159. The topological polar surface area (TPSA) is 63.4 Å². The zero-order valence-electron chi connectivity index (χ0n) is 6.28. The predicted molar refractivity (Wildman–Crippen MR) is 46.5 cm³/mol. The molecular formula is C6H5Cl2NO3Zr. The van der Waals surface area contributed by atoms with E-state index in [1.807, 2.05) is 0 Å². The molecule has 4 nitrogen and oxygen atoms in total. The van der Waals surface area contributed by atoms with Crippen LogP contribution in [0.5, 0.6) is 5.75 Å². The molecule has 0 unspecified atom stereocenters. The normalized spacial score (nSPS) is 8.15. The first-order valence-electron chi connectivity index (χ1n) is 3.01. The molecule has 1 rings (SSSR count). The number of nitro benzene ring substituents is 1. The van der Waals surface area contributed by atoms with Crippen molar-refractivity contribution in [1.82, 2.24) is 0 Å².